The molecule has 136 valence electrons. The number of benzene rings is 2. The van der Waals surface area contributed by atoms with Gasteiger partial charge in [0.05, 0.1) is 17.9 Å². The van der Waals surface area contributed by atoms with E-state index in [1.807, 2.05) is 24.3 Å². The van der Waals surface area contributed by atoms with Gasteiger partial charge in [-0.25, -0.2) is 5.43 Å². The SMILES string of the molecule is O=C([O-])COc1ccc(/C=N\NC(=O)CSCc2ccccc2Br)cc1. The Balaban J connectivity index is 1.71. The number of carbonyl (C=O) groups excluding carboxylic acids is 2. The second-order valence-corrected chi connectivity index (χ2v) is 6.95. The molecule has 0 unspecified atom stereocenters. The minimum Gasteiger partial charge on any atom is -0.546 e. The van der Waals surface area contributed by atoms with Crippen LogP contribution in [0.5, 0.6) is 5.75 Å². The molecule has 0 radical (unpaired) electrons. The maximum Gasteiger partial charge on any atom is 0.250 e. The predicted octanol–water partition coefficient (Wildman–Crippen LogP) is 1.96. The average Bonchev–Trinajstić information content (AvgIpc) is 2.62. The van der Waals surface area contributed by atoms with E-state index in [2.05, 4.69) is 26.5 Å². The zero-order valence-electron chi connectivity index (χ0n) is 13.7. The molecule has 0 aromatic heterocycles. The number of halogens is 1. The minimum absolute atomic E-state index is 0.188. The summed E-state index contributed by atoms with van der Waals surface area (Å²) in [5.41, 5.74) is 4.34. The summed E-state index contributed by atoms with van der Waals surface area (Å²) in [6.07, 6.45) is 1.50. The first kappa shape index (κ1) is 20.0. The van der Waals surface area contributed by atoms with E-state index < -0.39 is 12.6 Å². The number of carboxylic acids is 1. The van der Waals surface area contributed by atoms with Crippen LogP contribution in [0, 0.1) is 0 Å². The van der Waals surface area contributed by atoms with Crippen LogP contribution in [0.2, 0.25) is 0 Å². The fourth-order valence-corrected chi connectivity index (χ4v) is 3.31. The van der Waals surface area contributed by atoms with Crippen molar-refractivity contribution in [2.24, 2.45) is 5.10 Å². The first-order valence-electron chi connectivity index (χ1n) is 7.60. The summed E-state index contributed by atoms with van der Waals surface area (Å²) in [6, 6.07) is 14.5. The first-order valence-corrected chi connectivity index (χ1v) is 9.55. The third-order valence-electron chi connectivity index (χ3n) is 3.09. The van der Waals surface area contributed by atoms with Gasteiger partial charge in [0.25, 0.3) is 0 Å². The van der Waals surface area contributed by atoms with Crippen LogP contribution >= 0.6 is 27.7 Å². The molecule has 0 saturated carbocycles. The number of carboxylic acid groups (broad SMARTS) is 1. The van der Waals surface area contributed by atoms with Crippen LogP contribution in [-0.4, -0.2) is 30.5 Å². The number of hydrogen-bond donors (Lipinski definition) is 1. The lowest BCUT2D eigenvalue weighted by atomic mass is 10.2. The van der Waals surface area contributed by atoms with Crippen LogP contribution < -0.4 is 15.3 Å². The first-order chi connectivity index (χ1) is 12.5. The lowest BCUT2D eigenvalue weighted by Crippen LogP contribution is -2.28. The van der Waals surface area contributed by atoms with Gasteiger partial charge in [0.15, 0.2) is 0 Å². The molecule has 0 aliphatic rings. The lowest BCUT2D eigenvalue weighted by molar-refractivity contribution is -0.307. The number of amides is 1. The number of thioether (sulfide) groups is 1. The number of hydrazone groups is 1. The Labute approximate surface area is 163 Å². The number of aliphatic carboxylic acids is 1. The summed E-state index contributed by atoms with van der Waals surface area (Å²) >= 11 is 4.97. The van der Waals surface area contributed by atoms with Crippen molar-refractivity contribution >= 4 is 45.8 Å². The normalized spacial score (nSPS) is 10.7. The van der Waals surface area contributed by atoms with Crippen LogP contribution in [0.15, 0.2) is 58.1 Å². The monoisotopic (exact) mass is 435 g/mol. The van der Waals surface area contributed by atoms with E-state index in [-0.39, 0.29) is 5.91 Å². The van der Waals surface area contributed by atoms with E-state index in [1.54, 1.807) is 24.3 Å². The molecule has 1 amide bonds. The highest BCUT2D eigenvalue weighted by molar-refractivity contribution is 9.10. The van der Waals surface area contributed by atoms with Crippen molar-refractivity contribution in [3.8, 4) is 5.75 Å². The summed E-state index contributed by atoms with van der Waals surface area (Å²) < 4.78 is 6.00. The largest absolute Gasteiger partial charge is 0.546 e. The number of hydrogen-bond acceptors (Lipinski definition) is 6. The molecule has 2 aromatic rings. The zero-order chi connectivity index (χ0) is 18.8. The molecule has 0 fully saturated rings. The van der Waals surface area contributed by atoms with E-state index in [0.717, 1.165) is 21.4 Å². The Morgan fingerprint density at radius 2 is 1.92 bits per heavy atom. The van der Waals surface area contributed by atoms with Gasteiger partial charge in [0, 0.05) is 10.2 Å². The van der Waals surface area contributed by atoms with Crippen LogP contribution in [0.25, 0.3) is 0 Å². The van der Waals surface area contributed by atoms with Gasteiger partial charge in [0.2, 0.25) is 5.91 Å². The van der Waals surface area contributed by atoms with Gasteiger partial charge < -0.3 is 14.6 Å². The van der Waals surface area contributed by atoms with Crippen molar-refractivity contribution in [3.05, 3.63) is 64.1 Å². The van der Waals surface area contributed by atoms with Crippen molar-refractivity contribution in [1.29, 1.82) is 0 Å². The molecule has 6 nitrogen and oxygen atoms in total. The quantitative estimate of drug-likeness (QED) is 0.480. The van der Waals surface area contributed by atoms with Crippen LogP contribution in [-0.2, 0) is 15.3 Å². The van der Waals surface area contributed by atoms with Crippen molar-refractivity contribution in [2.45, 2.75) is 5.75 Å². The van der Waals surface area contributed by atoms with E-state index in [0.29, 0.717) is 11.5 Å². The number of ether oxygens (including phenoxy) is 1. The summed E-state index contributed by atoms with van der Waals surface area (Å²) in [5, 5.41) is 14.2. The molecule has 2 rings (SSSR count). The second kappa shape index (κ2) is 10.6. The third-order valence-corrected chi connectivity index (χ3v) is 4.84. The predicted molar refractivity (Wildman–Crippen MR) is 103 cm³/mol. The molecular weight excluding hydrogens is 420 g/mol. The summed E-state index contributed by atoms with van der Waals surface area (Å²) in [6.45, 7) is -0.499. The smallest absolute Gasteiger partial charge is 0.250 e. The van der Waals surface area contributed by atoms with Gasteiger partial charge in [-0.05, 0) is 41.5 Å². The van der Waals surface area contributed by atoms with Crippen molar-refractivity contribution in [1.82, 2.24) is 5.43 Å². The summed E-state index contributed by atoms with van der Waals surface area (Å²) in [4.78, 5) is 22.1. The maximum atomic E-state index is 11.8. The Kier molecular flexibility index (Phi) is 8.17. The second-order valence-electron chi connectivity index (χ2n) is 5.11. The third kappa shape index (κ3) is 7.28. The fraction of sp³-hybridized carbons (Fsp3) is 0.167. The van der Waals surface area contributed by atoms with E-state index in [9.17, 15) is 14.7 Å². The van der Waals surface area contributed by atoms with Crippen LogP contribution in [0.1, 0.15) is 11.1 Å². The van der Waals surface area contributed by atoms with Gasteiger partial charge in [-0.15, -0.1) is 11.8 Å². The van der Waals surface area contributed by atoms with Crippen LogP contribution in [0.4, 0.5) is 0 Å². The highest BCUT2D eigenvalue weighted by Crippen LogP contribution is 2.21. The van der Waals surface area contributed by atoms with E-state index in [1.165, 1.54) is 18.0 Å². The Morgan fingerprint density at radius 1 is 1.19 bits per heavy atom. The topological polar surface area (TPSA) is 90.8 Å². The van der Waals surface area contributed by atoms with Gasteiger partial charge in [-0.3, -0.25) is 4.79 Å². The molecule has 0 atom stereocenters. The molecule has 26 heavy (non-hydrogen) atoms. The minimum atomic E-state index is -1.28. The highest BCUT2D eigenvalue weighted by atomic mass is 79.9. The van der Waals surface area contributed by atoms with Gasteiger partial charge >= 0.3 is 0 Å². The number of rotatable bonds is 9. The standard InChI is InChI=1S/C18H17BrN2O4S/c19-16-4-2-1-3-14(16)11-26-12-17(22)21-20-9-13-5-7-15(8-6-13)25-10-18(23)24/h1-9H,10-12H2,(H,21,22)(H,23,24)/p-1/b20-9-. The van der Waals surface area contributed by atoms with Gasteiger partial charge in [-0.2, -0.15) is 5.10 Å². The molecule has 0 bridgehead atoms. The average molecular weight is 436 g/mol. The number of carbonyl (C=O) groups is 2. The van der Waals surface area contributed by atoms with Crippen LogP contribution in [0.3, 0.4) is 0 Å². The fourth-order valence-electron chi connectivity index (χ4n) is 1.87. The van der Waals surface area contributed by atoms with Crippen molar-refractivity contribution < 1.29 is 19.4 Å². The molecule has 0 spiro atoms. The zero-order valence-corrected chi connectivity index (χ0v) is 16.1. The number of nitrogens with one attached hydrogen (secondary N) is 1. The molecular formula is C18H16BrN2O4S-. The van der Waals surface area contributed by atoms with Crippen molar-refractivity contribution in [3.63, 3.8) is 0 Å². The summed E-state index contributed by atoms with van der Waals surface area (Å²) in [5.74, 6) is -0.0254. The van der Waals surface area contributed by atoms with Gasteiger partial charge in [0.1, 0.15) is 12.4 Å². The molecule has 0 heterocycles. The van der Waals surface area contributed by atoms with Crippen molar-refractivity contribution in [2.75, 3.05) is 12.4 Å². The molecule has 1 N–H and O–H groups in total. The van der Waals surface area contributed by atoms with Gasteiger partial charge in [-0.1, -0.05) is 34.1 Å². The molecule has 0 aliphatic heterocycles. The molecule has 8 heteroatoms. The van der Waals surface area contributed by atoms with E-state index in [4.69, 9.17) is 4.74 Å². The molecule has 0 saturated heterocycles. The lowest BCUT2D eigenvalue weighted by Gasteiger charge is -2.06. The molecule has 2 aromatic carbocycles. The molecule has 0 aliphatic carbocycles. The highest BCUT2D eigenvalue weighted by Gasteiger charge is 2.03. The Bertz CT molecular complexity index is 781. The Hall–Kier alpha value is -2.32. The van der Waals surface area contributed by atoms with E-state index >= 15 is 0 Å². The number of nitrogens with zero attached hydrogens (tertiary/aromatic N) is 1. The maximum absolute atomic E-state index is 11.8. The Morgan fingerprint density at radius 3 is 2.62 bits per heavy atom. The summed E-state index contributed by atoms with van der Waals surface area (Å²) in [7, 11) is 0.